The summed E-state index contributed by atoms with van der Waals surface area (Å²) in [6.07, 6.45) is 0. The zero-order chi connectivity index (χ0) is 15.0. The monoisotopic (exact) mass is 292 g/mol. The molecule has 0 saturated carbocycles. The average molecular weight is 292 g/mol. The van der Waals surface area contributed by atoms with Crippen LogP contribution < -0.4 is 0 Å². The lowest BCUT2D eigenvalue weighted by atomic mass is 9.97. The number of hydrogen-bond acceptors (Lipinski definition) is 7. The van der Waals surface area contributed by atoms with E-state index in [9.17, 15) is 5.11 Å². The largest absolute Gasteiger partial charge is 0.396 e. The molecule has 1 aliphatic rings. The first-order valence-electron chi connectivity index (χ1n) is 7.13. The predicted octanol–water partition coefficient (Wildman–Crippen LogP) is 1.19. The summed E-state index contributed by atoms with van der Waals surface area (Å²) in [5, 5.41) is 17.4. The fourth-order valence-corrected chi connectivity index (χ4v) is 2.97. The Kier molecular flexibility index (Phi) is 3.77. The molecule has 2 atom stereocenters. The number of aryl methyl sites for hydroxylation is 3. The van der Waals surface area contributed by atoms with Crippen LogP contribution in [-0.2, 0) is 6.54 Å². The summed E-state index contributed by atoms with van der Waals surface area (Å²) in [4.78, 5) is 6.59. The van der Waals surface area contributed by atoms with Crippen LogP contribution in [0.2, 0.25) is 0 Å². The van der Waals surface area contributed by atoms with Crippen LogP contribution in [0.15, 0.2) is 9.05 Å². The van der Waals surface area contributed by atoms with Crippen LogP contribution in [0.1, 0.15) is 34.7 Å². The van der Waals surface area contributed by atoms with Gasteiger partial charge in [0.25, 0.3) is 0 Å². The fourth-order valence-electron chi connectivity index (χ4n) is 2.97. The zero-order valence-electron chi connectivity index (χ0n) is 12.5. The average Bonchev–Trinajstić information content (AvgIpc) is 3.14. The van der Waals surface area contributed by atoms with Gasteiger partial charge in [0.2, 0.25) is 5.89 Å². The van der Waals surface area contributed by atoms with Gasteiger partial charge < -0.3 is 14.2 Å². The molecule has 2 aromatic rings. The highest BCUT2D eigenvalue weighted by molar-refractivity contribution is 5.21. The van der Waals surface area contributed by atoms with Crippen molar-refractivity contribution in [1.82, 2.24) is 20.2 Å². The number of nitrogens with zero attached hydrogens (tertiary/aromatic N) is 4. The molecule has 2 aromatic heterocycles. The maximum atomic E-state index is 9.61. The van der Waals surface area contributed by atoms with Crippen LogP contribution in [0.25, 0.3) is 0 Å². The van der Waals surface area contributed by atoms with Gasteiger partial charge in [-0.25, -0.2) is 0 Å². The molecule has 114 valence electrons. The fraction of sp³-hybridized carbons (Fsp3) is 0.643. The van der Waals surface area contributed by atoms with E-state index >= 15 is 0 Å². The second-order valence-electron chi connectivity index (χ2n) is 5.73. The molecular weight excluding hydrogens is 272 g/mol. The Labute approximate surface area is 122 Å². The molecule has 0 aromatic carbocycles. The Morgan fingerprint density at radius 2 is 2.00 bits per heavy atom. The number of aliphatic hydroxyl groups is 1. The molecule has 1 saturated heterocycles. The van der Waals surface area contributed by atoms with Gasteiger partial charge in [-0.05, 0) is 20.8 Å². The molecule has 0 spiro atoms. The third-order valence-corrected chi connectivity index (χ3v) is 4.17. The van der Waals surface area contributed by atoms with E-state index in [1.54, 1.807) is 6.92 Å². The number of hydrogen-bond donors (Lipinski definition) is 1. The smallest absolute Gasteiger partial charge is 0.231 e. The van der Waals surface area contributed by atoms with E-state index in [0.717, 1.165) is 36.7 Å². The number of aromatic nitrogens is 3. The van der Waals surface area contributed by atoms with Crippen molar-refractivity contribution in [3.63, 3.8) is 0 Å². The molecular formula is C14H20N4O3. The molecule has 3 heterocycles. The zero-order valence-corrected chi connectivity index (χ0v) is 12.5. The van der Waals surface area contributed by atoms with Gasteiger partial charge in [0, 0.05) is 37.7 Å². The highest BCUT2D eigenvalue weighted by Gasteiger charge is 2.37. The van der Waals surface area contributed by atoms with Crippen molar-refractivity contribution in [3.05, 3.63) is 28.7 Å². The first kappa shape index (κ1) is 14.2. The molecule has 1 aliphatic heterocycles. The third kappa shape index (κ3) is 2.71. The highest BCUT2D eigenvalue weighted by atomic mass is 16.5. The summed E-state index contributed by atoms with van der Waals surface area (Å²) in [6.45, 7) is 8.14. The summed E-state index contributed by atoms with van der Waals surface area (Å²) in [6, 6.07) is 0. The van der Waals surface area contributed by atoms with Gasteiger partial charge in [-0.3, -0.25) is 4.90 Å². The second kappa shape index (κ2) is 5.57. The lowest BCUT2D eigenvalue weighted by Gasteiger charge is -2.14. The molecule has 0 amide bonds. The highest BCUT2D eigenvalue weighted by Crippen LogP contribution is 2.32. The predicted molar refractivity (Wildman–Crippen MR) is 73.6 cm³/mol. The van der Waals surface area contributed by atoms with Gasteiger partial charge in [0.05, 0.1) is 11.6 Å². The van der Waals surface area contributed by atoms with Crippen molar-refractivity contribution < 1.29 is 14.2 Å². The van der Waals surface area contributed by atoms with Crippen molar-refractivity contribution >= 4 is 0 Å². The standard InChI is InChI=1S/C14H20N4O3/c1-8-12(9(2)20-16-8)5-18-4-11(7-19)13(6-18)14-15-10(3)17-21-14/h11,13,19H,4-7H2,1-3H3/t11-,13+/m0/s1. The molecule has 21 heavy (non-hydrogen) atoms. The van der Waals surface area contributed by atoms with Crippen LogP contribution >= 0.6 is 0 Å². The number of likely N-dealkylation sites (tertiary alicyclic amines) is 1. The molecule has 0 radical (unpaired) electrons. The van der Waals surface area contributed by atoms with Crippen LogP contribution in [0.4, 0.5) is 0 Å². The molecule has 7 nitrogen and oxygen atoms in total. The number of rotatable bonds is 4. The summed E-state index contributed by atoms with van der Waals surface area (Å²) in [5.74, 6) is 2.30. The van der Waals surface area contributed by atoms with Gasteiger partial charge in [-0.2, -0.15) is 4.98 Å². The lowest BCUT2D eigenvalue weighted by Crippen LogP contribution is -2.21. The van der Waals surface area contributed by atoms with Gasteiger partial charge in [-0.15, -0.1) is 0 Å². The van der Waals surface area contributed by atoms with E-state index in [1.165, 1.54) is 0 Å². The molecule has 1 fully saturated rings. The van der Waals surface area contributed by atoms with Gasteiger partial charge in [-0.1, -0.05) is 10.3 Å². The molecule has 3 rings (SSSR count). The van der Waals surface area contributed by atoms with Gasteiger partial charge in [0.1, 0.15) is 5.76 Å². The Hall–Kier alpha value is -1.73. The third-order valence-electron chi connectivity index (χ3n) is 4.17. The quantitative estimate of drug-likeness (QED) is 0.905. The SMILES string of the molecule is Cc1noc([C@@H]2CN(Cc3c(C)noc3C)C[C@H]2CO)n1. The van der Waals surface area contributed by atoms with Crippen molar-refractivity contribution in [2.75, 3.05) is 19.7 Å². The minimum Gasteiger partial charge on any atom is -0.396 e. The van der Waals surface area contributed by atoms with Gasteiger partial charge >= 0.3 is 0 Å². The van der Waals surface area contributed by atoms with Crippen LogP contribution in [-0.4, -0.2) is 45.0 Å². The molecule has 0 unspecified atom stereocenters. The maximum absolute atomic E-state index is 9.61. The number of aliphatic hydroxyl groups excluding tert-OH is 1. The van der Waals surface area contributed by atoms with Crippen molar-refractivity contribution in [1.29, 1.82) is 0 Å². The van der Waals surface area contributed by atoms with E-state index in [0.29, 0.717) is 11.7 Å². The van der Waals surface area contributed by atoms with Crippen molar-refractivity contribution in [3.8, 4) is 0 Å². The minimum atomic E-state index is 0.0803. The normalized spacial score (nSPS) is 23.0. The van der Waals surface area contributed by atoms with E-state index in [1.807, 2.05) is 13.8 Å². The second-order valence-corrected chi connectivity index (χ2v) is 5.73. The van der Waals surface area contributed by atoms with Crippen molar-refractivity contribution in [2.45, 2.75) is 33.2 Å². The van der Waals surface area contributed by atoms with Crippen LogP contribution in [0.3, 0.4) is 0 Å². The first-order valence-corrected chi connectivity index (χ1v) is 7.13. The Balaban J connectivity index is 1.75. The van der Waals surface area contributed by atoms with E-state index < -0.39 is 0 Å². The summed E-state index contributed by atoms with van der Waals surface area (Å²) in [5.41, 5.74) is 2.04. The molecule has 1 N–H and O–H groups in total. The Morgan fingerprint density at radius 1 is 1.19 bits per heavy atom. The minimum absolute atomic E-state index is 0.0803. The van der Waals surface area contributed by atoms with Gasteiger partial charge in [0.15, 0.2) is 5.82 Å². The maximum Gasteiger partial charge on any atom is 0.231 e. The van der Waals surface area contributed by atoms with Crippen LogP contribution in [0.5, 0.6) is 0 Å². The summed E-state index contributed by atoms with van der Waals surface area (Å²) in [7, 11) is 0. The Bertz CT molecular complexity index is 602. The molecule has 0 bridgehead atoms. The lowest BCUT2D eigenvalue weighted by molar-refractivity contribution is 0.204. The van der Waals surface area contributed by atoms with Crippen molar-refractivity contribution in [2.24, 2.45) is 5.92 Å². The Morgan fingerprint density at radius 3 is 2.57 bits per heavy atom. The topological polar surface area (TPSA) is 88.4 Å². The summed E-state index contributed by atoms with van der Waals surface area (Å²) >= 11 is 0. The summed E-state index contributed by atoms with van der Waals surface area (Å²) < 4.78 is 10.5. The molecule has 0 aliphatic carbocycles. The van der Waals surface area contributed by atoms with E-state index in [2.05, 4.69) is 20.2 Å². The van der Waals surface area contributed by atoms with E-state index in [-0.39, 0.29) is 18.4 Å². The van der Waals surface area contributed by atoms with E-state index in [4.69, 9.17) is 9.05 Å². The molecule has 7 heteroatoms. The van der Waals surface area contributed by atoms with Crippen LogP contribution in [0, 0.1) is 26.7 Å². The first-order chi connectivity index (χ1) is 10.1.